The third-order valence-electron chi connectivity index (χ3n) is 3.77. The highest BCUT2D eigenvalue weighted by Gasteiger charge is 2.18. The number of ether oxygens (including phenoxy) is 2. The van der Waals surface area contributed by atoms with Crippen molar-refractivity contribution in [2.75, 3.05) is 13.2 Å². The number of aliphatic hydroxyl groups is 1. The zero-order chi connectivity index (χ0) is 16.9. The average molecular weight is 328 g/mol. The number of halogens is 1. The lowest BCUT2D eigenvalue weighted by Crippen LogP contribution is -2.15. The lowest BCUT2D eigenvalue weighted by atomic mass is 10.1. The van der Waals surface area contributed by atoms with E-state index in [0.717, 1.165) is 11.1 Å². The predicted octanol–water partition coefficient (Wildman–Crippen LogP) is 2.88. The number of hydrogen-bond donors (Lipinski definition) is 1. The molecule has 0 radical (unpaired) electrons. The molecule has 0 heterocycles. The van der Waals surface area contributed by atoms with Gasteiger partial charge in [-0.05, 0) is 34.8 Å². The summed E-state index contributed by atoms with van der Waals surface area (Å²) >= 11 is 0. The molecule has 1 aliphatic carbocycles. The summed E-state index contributed by atoms with van der Waals surface area (Å²) in [6.07, 6.45) is 2.13. The summed E-state index contributed by atoms with van der Waals surface area (Å²) in [4.78, 5) is 11.7. The van der Waals surface area contributed by atoms with Crippen LogP contribution in [0.1, 0.15) is 16.7 Å². The first-order chi connectivity index (χ1) is 11.7. The van der Waals surface area contributed by atoms with Crippen LogP contribution in [0.4, 0.5) is 4.39 Å². The highest BCUT2D eigenvalue weighted by molar-refractivity contribution is 5.71. The van der Waals surface area contributed by atoms with E-state index >= 15 is 0 Å². The van der Waals surface area contributed by atoms with Crippen molar-refractivity contribution in [1.29, 1.82) is 0 Å². The van der Waals surface area contributed by atoms with Crippen LogP contribution in [-0.2, 0) is 22.6 Å². The molecule has 0 saturated carbocycles. The maximum atomic E-state index is 14.0. The third kappa shape index (κ3) is 3.81. The second kappa shape index (κ2) is 7.27. The molecule has 24 heavy (non-hydrogen) atoms. The van der Waals surface area contributed by atoms with E-state index in [0.29, 0.717) is 17.5 Å². The maximum Gasteiger partial charge on any atom is 0.344 e. The van der Waals surface area contributed by atoms with E-state index in [4.69, 9.17) is 14.6 Å². The molecule has 0 aliphatic heterocycles. The molecule has 0 bridgehead atoms. The SMILES string of the molecule is O=C(COc1cc(F)c2c(c1)C=C(CO)C2)OCc1ccccc1. The maximum absolute atomic E-state index is 14.0. The molecule has 2 aromatic carbocycles. The summed E-state index contributed by atoms with van der Waals surface area (Å²) in [6, 6.07) is 12.2. The first-order valence-electron chi connectivity index (χ1n) is 7.61. The lowest BCUT2D eigenvalue weighted by molar-refractivity contribution is -0.147. The van der Waals surface area contributed by atoms with E-state index in [1.807, 2.05) is 30.3 Å². The molecule has 0 fully saturated rings. The van der Waals surface area contributed by atoms with Crippen LogP contribution in [0.3, 0.4) is 0 Å². The van der Waals surface area contributed by atoms with Gasteiger partial charge in [0, 0.05) is 6.07 Å². The van der Waals surface area contributed by atoms with Gasteiger partial charge in [0.15, 0.2) is 6.61 Å². The number of rotatable bonds is 6. The zero-order valence-electron chi connectivity index (χ0n) is 13.0. The van der Waals surface area contributed by atoms with Crippen molar-refractivity contribution in [3.05, 3.63) is 70.5 Å². The summed E-state index contributed by atoms with van der Waals surface area (Å²) in [7, 11) is 0. The Hall–Kier alpha value is -2.66. The zero-order valence-corrected chi connectivity index (χ0v) is 13.0. The van der Waals surface area contributed by atoms with Crippen LogP contribution >= 0.6 is 0 Å². The molecule has 0 spiro atoms. The van der Waals surface area contributed by atoms with Crippen LogP contribution in [0.5, 0.6) is 5.75 Å². The second-order valence-corrected chi connectivity index (χ2v) is 5.55. The number of benzene rings is 2. The van der Waals surface area contributed by atoms with Gasteiger partial charge < -0.3 is 14.6 Å². The molecule has 1 N–H and O–H groups in total. The molecular weight excluding hydrogens is 311 g/mol. The number of carbonyl (C=O) groups excluding carboxylic acids is 1. The van der Waals surface area contributed by atoms with Gasteiger partial charge in [0.2, 0.25) is 0 Å². The highest BCUT2D eigenvalue weighted by Crippen LogP contribution is 2.30. The van der Waals surface area contributed by atoms with Gasteiger partial charge in [-0.15, -0.1) is 0 Å². The van der Waals surface area contributed by atoms with E-state index < -0.39 is 11.8 Å². The quantitative estimate of drug-likeness (QED) is 0.829. The van der Waals surface area contributed by atoms with E-state index in [1.54, 1.807) is 12.1 Å². The van der Waals surface area contributed by atoms with Crippen molar-refractivity contribution in [2.24, 2.45) is 0 Å². The predicted molar refractivity (Wildman–Crippen MR) is 86.9 cm³/mol. The summed E-state index contributed by atoms with van der Waals surface area (Å²) in [5.74, 6) is -0.662. The molecule has 0 amide bonds. The van der Waals surface area contributed by atoms with E-state index in [-0.39, 0.29) is 25.6 Å². The van der Waals surface area contributed by atoms with Crippen LogP contribution < -0.4 is 4.74 Å². The molecular formula is C19H17FO4. The van der Waals surface area contributed by atoms with Crippen LogP contribution in [0.25, 0.3) is 6.08 Å². The van der Waals surface area contributed by atoms with Gasteiger partial charge in [0.1, 0.15) is 18.2 Å². The molecule has 3 rings (SSSR count). The fourth-order valence-electron chi connectivity index (χ4n) is 2.55. The third-order valence-corrected chi connectivity index (χ3v) is 3.77. The Morgan fingerprint density at radius 3 is 2.75 bits per heavy atom. The Kier molecular flexibility index (Phi) is 4.91. The second-order valence-electron chi connectivity index (χ2n) is 5.55. The van der Waals surface area contributed by atoms with Gasteiger partial charge >= 0.3 is 5.97 Å². The minimum atomic E-state index is -0.522. The highest BCUT2D eigenvalue weighted by atomic mass is 19.1. The minimum Gasteiger partial charge on any atom is -0.482 e. The number of aliphatic hydroxyl groups excluding tert-OH is 1. The molecule has 0 atom stereocenters. The van der Waals surface area contributed by atoms with Gasteiger partial charge in [-0.2, -0.15) is 0 Å². The van der Waals surface area contributed by atoms with E-state index in [1.165, 1.54) is 6.07 Å². The first kappa shape index (κ1) is 16.2. The van der Waals surface area contributed by atoms with Crippen LogP contribution in [-0.4, -0.2) is 24.3 Å². The van der Waals surface area contributed by atoms with Gasteiger partial charge in [0.25, 0.3) is 0 Å². The van der Waals surface area contributed by atoms with Gasteiger partial charge in [-0.25, -0.2) is 9.18 Å². The smallest absolute Gasteiger partial charge is 0.344 e. The molecule has 0 saturated heterocycles. The molecule has 0 aromatic heterocycles. The van der Waals surface area contributed by atoms with Crippen molar-refractivity contribution >= 4 is 12.0 Å². The van der Waals surface area contributed by atoms with Crippen LogP contribution in [0.15, 0.2) is 48.0 Å². The van der Waals surface area contributed by atoms with Crippen molar-refractivity contribution in [3.63, 3.8) is 0 Å². The Morgan fingerprint density at radius 1 is 1.21 bits per heavy atom. The lowest BCUT2D eigenvalue weighted by Gasteiger charge is -2.09. The first-order valence-corrected chi connectivity index (χ1v) is 7.61. The monoisotopic (exact) mass is 328 g/mol. The largest absolute Gasteiger partial charge is 0.482 e. The Morgan fingerprint density at radius 2 is 2.00 bits per heavy atom. The van der Waals surface area contributed by atoms with E-state index in [9.17, 15) is 9.18 Å². The Balaban J connectivity index is 1.56. The number of hydrogen-bond acceptors (Lipinski definition) is 4. The van der Waals surface area contributed by atoms with Crippen LogP contribution in [0.2, 0.25) is 0 Å². The topological polar surface area (TPSA) is 55.8 Å². The average Bonchev–Trinajstić information content (AvgIpc) is 3.03. The molecule has 2 aromatic rings. The Labute approximate surface area is 139 Å². The van der Waals surface area contributed by atoms with Crippen molar-refractivity contribution in [1.82, 2.24) is 0 Å². The molecule has 0 unspecified atom stereocenters. The van der Waals surface area contributed by atoms with Gasteiger partial charge in [-0.3, -0.25) is 0 Å². The number of esters is 1. The van der Waals surface area contributed by atoms with Gasteiger partial charge in [0.05, 0.1) is 6.61 Å². The fourth-order valence-corrected chi connectivity index (χ4v) is 2.55. The van der Waals surface area contributed by atoms with E-state index in [2.05, 4.69) is 0 Å². The minimum absolute atomic E-state index is 0.101. The molecule has 4 nitrogen and oxygen atoms in total. The summed E-state index contributed by atoms with van der Waals surface area (Å²) in [5.41, 5.74) is 2.85. The normalized spacial score (nSPS) is 12.5. The Bertz CT molecular complexity index is 768. The number of fused-ring (bicyclic) bond motifs is 1. The summed E-state index contributed by atoms with van der Waals surface area (Å²) in [6.45, 7) is -0.220. The summed E-state index contributed by atoms with van der Waals surface area (Å²) < 4.78 is 24.5. The van der Waals surface area contributed by atoms with Crippen molar-refractivity contribution in [2.45, 2.75) is 13.0 Å². The molecule has 5 heteroatoms. The standard InChI is InChI=1S/C19H17FO4/c20-18-9-16(8-15-6-14(10-21)7-17(15)18)23-12-19(22)24-11-13-4-2-1-3-5-13/h1-6,8-9,21H,7,10-12H2. The van der Waals surface area contributed by atoms with Crippen LogP contribution in [0, 0.1) is 5.82 Å². The van der Waals surface area contributed by atoms with Crippen molar-refractivity contribution in [3.8, 4) is 5.75 Å². The number of carbonyl (C=O) groups is 1. The fraction of sp³-hybridized carbons (Fsp3) is 0.211. The summed E-state index contributed by atoms with van der Waals surface area (Å²) in [5, 5.41) is 9.14. The molecule has 124 valence electrons. The molecule has 1 aliphatic rings. The van der Waals surface area contributed by atoms with Gasteiger partial charge in [-0.1, -0.05) is 36.4 Å². The van der Waals surface area contributed by atoms with Crippen molar-refractivity contribution < 1.29 is 23.8 Å².